The van der Waals surface area contributed by atoms with Gasteiger partial charge in [0.25, 0.3) is 35.2 Å². The number of amides is 3. The van der Waals surface area contributed by atoms with Crippen LogP contribution in [0.4, 0.5) is 64.7 Å². The summed E-state index contributed by atoms with van der Waals surface area (Å²) in [6.07, 6.45) is 11.0. The Kier molecular flexibility index (Phi) is 22.0. The van der Waals surface area contributed by atoms with Crippen molar-refractivity contribution in [3.63, 3.8) is 0 Å². The summed E-state index contributed by atoms with van der Waals surface area (Å²) in [5.41, 5.74) is 3.34. The number of aromatic nitrogens is 3. The maximum absolute atomic E-state index is 14.5. The van der Waals surface area contributed by atoms with Crippen LogP contribution in [-0.4, -0.2) is 70.4 Å². The molecule has 0 unspecified atom stereocenters. The second-order valence-corrected chi connectivity index (χ2v) is 35.1. The van der Waals surface area contributed by atoms with Gasteiger partial charge in [0.15, 0.2) is 21.1 Å². The Bertz CT molecular complexity index is 3850. The third-order valence-electron chi connectivity index (χ3n) is 16.1. The fourth-order valence-corrected chi connectivity index (χ4v) is 13.0. The third kappa shape index (κ3) is 12.2. The molecule has 0 bridgehead atoms. The Morgan fingerprint density at radius 3 is 1.08 bits per heavy atom. The number of benzene rings is 3. The molecule has 16 nitrogen and oxygen atoms in total. The van der Waals surface area contributed by atoms with E-state index in [1.54, 1.807) is 90.9 Å². The predicted octanol–water partition coefficient (Wildman–Crippen LogP) is 16.6. The number of rotatable bonds is 7. The van der Waals surface area contributed by atoms with Crippen LogP contribution in [0.2, 0.25) is 0 Å². The van der Waals surface area contributed by atoms with Crippen LogP contribution in [0.25, 0.3) is 14.5 Å². The van der Waals surface area contributed by atoms with Crippen molar-refractivity contribution in [1.82, 2.24) is 15.0 Å². The number of carbonyl (C=O) groups excluding carboxylic acids is 4. The van der Waals surface area contributed by atoms with Crippen molar-refractivity contribution in [3.05, 3.63) is 174 Å². The van der Waals surface area contributed by atoms with Crippen LogP contribution in [0.15, 0.2) is 91.4 Å². The van der Waals surface area contributed by atoms with Crippen LogP contribution in [0, 0.1) is 68.4 Å². The molecular formula is C62H56F3I3N12O4S3V. The van der Waals surface area contributed by atoms with Gasteiger partial charge in [0.05, 0.1) is 22.6 Å². The van der Waals surface area contributed by atoms with E-state index in [1.165, 1.54) is 64.5 Å². The van der Waals surface area contributed by atoms with Gasteiger partial charge in [-0.15, -0.1) is 15.0 Å². The summed E-state index contributed by atoms with van der Waals surface area (Å²) < 4.78 is 43.4. The van der Waals surface area contributed by atoms with E-state index in [1.807, 2.05) is 22.6 Å². The van der Waals surface area contributed by atoms with Crippen LogP contribution >= 0.6 is 99.2 Å². The summed E-state index contributed by atoms with van der Waals surface area (Å²) in [7, 11) is 0.628. The van der Waals surface area contributed by atoms with E-state index >= 15 is 0 Å². The van der Waals surface area contributed by atoms with E-state index in [-0.39, 0.29) is 66.5 Å². The van der Waals surface area contributed by atoms with E-state index in [2.05, 4.69) is 69.4 Å². The van der Waals surface area contributed by atoms with Gasteiger partial charge in [0.2, 0.25) is 0 Å². The van der Waals surface area contributed by atoms with Crippen molar-refractivity contribution in [2.45, 2.75) is 124 Å². The number of nitrogens with zero attached hydrogens (tertiary/aromatic N) is 12. The topological polar surface area (TPSA) is 139 Å². The van der Waals surface area contributed by atoms with Gasteiger partial charge in [-0.1, -0.05) is 40.6 Å². The van der Waals surface area contributed by atoms with Crippen molar-refractivity contribution in [3.8, 4) is 0 Å². The van der Waals surface area contributed by atoms with Gasteiger partial charge < -0.3 is 29.2 Å². The molecule has 3 aliphatic heterocycles. The molecule has 88 heavy (non-hydrogen) atoms. The summed E-state index contributed by atoms with van der Waals surface area (Å²) in [4.78, 5) is 83.7. The molecule has 3 saturated heterocycles. The minimum atomic E-state index is -0.854. The van der Waals surface area contributed by atoms with Gasteiger partial charge >= 0.3 is 49.4 Å². The molecule has 26 heteroatoms. The first-order valence-corrected chi connectivity index (χ1v) is 37.8. The second kappa shape index (κ2) is 28.0. The van der Waals surface area contributed by atoms with E-state index < -0.39 is 22.4 Å². The monoisotopic (exact) mass is 1620 g/mol. The van der Waals surface area contributed by atoms with Crippen molar-refractivity contribution < 1.29 is 41.8 Å². The molecule has 6 fully saturated rings. The summed E-state index contributed by atoms with van der Waals surface area (Å²) in [6.45, 7) is 29.7. The van der Waals surface area contributed by atoms with Crippen LogP contribution < -0.4 is 29.4 Å². The van der Waals surface area contributed by atoms with Gasteiger partial charge in [-0.05, 0) is 241 Å². The van der Waals surface area contributed by atoms with E-state index in [0.717, 1.165) is 19.3 Å². The first kappa shape index (κ1) is 69.4. The minimum absolute atomic E-state index is 0. The predicted molar refractivity (Wildman–Crippen MR) is 371 cm³/mol. The summed E-state index contributed by atoms with van der Waals surface area (Å²) in [5, 5.41) is 0.873. The summed E-state index contributed by atoms with van der Waals surface area (Å²) in [5.74, 6) is -1.22. The normalized spacial score (nSPS) is 17.0. The third-order valence-corrected chi connectivity index (χ3v) is 18.1. The van der Waals surface area contributed by atoms with Gasteiger partial charge in [-0.25, -0.2) is 13.2 Å². The Labute approximate surface area is 568 Å². The molecule has 0 atom stereocenters. The van der Waals surface area contributed by atoms with Crippen molar-refractivity contribution in [2.24, 2.45) is 0 Å². The first-order valence-electron chi connectivity index (χ1n) is 26.5. The van der Waals surface area contributed by atoms with Gasteiger partial charge in [-0.2, -0.15) is 0 Å². The summed E-state index contributed by atoms with van der Waals surface area (Å²) in [6, 6.07) is 19.3. The number of hydrogen-bond acceptors (Lipinski definition) is 10. The molecule has 3 saturated carbocycles. The number of carbonyl (C=O) groups is 4. The molecule has 3 aliphatic carbocycles. The SMILES string of the molecule is C.C.[C-]#[N+]c1ncc(N2C(=O)C3(CCC3)N(c3ccc(C(C)=O)c(F)c3)C2=S)cc1C.[C-]#[N+]c1ncc(N2C(=O)C3(CCC3)N(c3ccc(C)c(F)c3)C2=S)cc1C.[C-]#[N+]c1ncc(N2C(=O)C3(CCC3)N(c3ccc(I)c(F)c3)C2=S)cc1C.[I][V][I]. The molecule has 6 heterocycles. The molecule has 6 aliphatic rings. The fraction of sp³-hybridized carbons (Fsp3) is 0.306. The van der Waals surface area contributed by atoms with Crippen LogP contribution in [-0.2, 0) is 23.8 Å². The van der Waals surface area contributed by atoms with Gasteiger partial charge in [0, 0.05) is 20.6 Å². The number of halogens is 6. The molecular weight excluding hydrogens is 1560 g/mol. The Morgan fingerprint density at radius 2 is 0.818 bits per heavy atom. The zero-order valence-corrected chi connectivity index (χ0v) is 56.8. The molecule has 3 aromatic carbocycles. The van der Waals surface area contributed by atoms with Crippen LogP contribution in [0.3, 0.4) is 0 Å². The molecule has 0 N–H and O–H groups in total. The van der Waals surface area contributed by atoms with Crippen LogP contribution in [0.5, 0.6) is 0 Å². The number of anilines is 6. The molecule has 3 spiro atoms. The zero-order valence-electron chi connectivity index (χ0n) is 46.5. The number of thiocarbonyl (C=S) groups is 3. The first-order chi connectivity index (χ1) is 41.0. The fourth-order valence-electron chi connectivity index (χ4n) is 11.3. The van der Waals surface area contributed by atoms with Crippen molar-refractivity contribution in [1.29, 1.82) is 0 Å². The summed E-state index contributed by atoms with van der Waals surface area (Å²) >= 11 is 23.6. The zero-order chi connectivity index (χ0) is 62.3. The molecule has 6 aromatic rings. The number of aryl methyl sites for hydroxylation is 4. The Morgan fingerprint density at radius 1 is 0.511 bits per heavy atom. The standard InChI is InChI=1S/C21H17FN4O2S.C20H17FN4OS.C19H14FIN4OS.2CH4.2HI.V/c1-12-9-15(11-24-18(12)23-3)25-19(28)21(7-4-8-21)26(20(25)29)14-5-6-16(13(2)27)17(22)10-14;1-12-5-6-14(10-16(12)21)25-19(27)24(18(26)20(25)7-4-8-20)15-9-13(2)17(22-3)23-11-15;1-11-8-13(10-23-16(11)22-2)24-17(26)19(6-3-7-19)25(18(24)27)12-4-5-15(21)14(20)9-12;;;;;/h5-6,9-11H,4,7-8H2,1-2H3;5-6,9-11H,4,7-8H2,1-2H3;4-5,8-10H,3,6-7H2,1H3;2*1H4;2*1H;/q;;;;;;;+2/p-2. The Balaban J connectivity index is 0.000000182. The van der Waals surface area contributed by atoms with Crippen LogP contribution in [0.1, 0.15) is 112 Å². The van der Waals surface area contributed by atoms with Gasteiger partial charge in [0.1, 0.15) is 52.7 Å². The van der Waals surface area contributed by atoms with E-state index in [9.17, 15) is 32.3 Å². The molecule has 3 aromatic heterocycles. The molecule has 12 rings (SSSR count). The van der Waals surface area contributed by atoms with Crippen molar-refractivity contribution >= 4 is 190 Å². The maximum atomic E-state index is 14.5. The molecule has 0 radical (unpaired) electrons. The van der Waals surface area contributed by atoms with Crippen molar-refractivity contribution in [2.75, 3.05) is 29.4 Å². The van der Waals surface area contributed by atoms with E-state index in [0.29, 0.717) is 130 Å². The van der Waals surface area contributed by atoms with E-state index in [4.69, 9.17) is 56.4 Å². The Hall–Kier alpha value is -6.11. The number of hydrogen-bond donors (Lipinski definition) is 0. The number of pyridine rings is 3. The molecule has 453 valence electrons. The quantitative estimate of drug-likeness (QED) is 0.0649. The average Bonchev–Trinajstić information content (AvgIpc) is 1.57. The average molecular weight is 1620 g/mol. The number of Topliss-reactive ketones (excluding diaryl/α,β-unsaturated/α-hetero) is 1. The van der Waals surface area contributed by atoms with Gasteiger partial charge in [-0.3, -0.25) is 33.9 Å². The molecule has 3 amide bonds. The second-order valence-electron chi connectivity index (χ2n) is 21.1. The number of ketones is 1.